The molecular formula is C27H32FN5O4S2. The maximum absolute atomic E-state index is 13.2. The molecule has 2 saturated carbocycles. The second kappa shape index (κ2) is 11.5. The van der Waals surface area contributed by atoms with Crippen LogP contribution in [0.3, 0.4) is 0 Å². The van der Waals surface area contributed by atoms with E-state index in [0.29, 0.717) is 30.1 Å². The molecule has 0 spiro atoms. The van der Waals surface area contributed by atoms with Crippen molar-refractivity contribution in [3.63, 3.8) is 0 Å². The Morgan fingerprint density at radius 2 is 1.90 bits per heavy atom. The van der Waals surface area contributed by atoms with Gasteiger partial charge in [0.15, 0.2) is 0 Å². The van der Waals surface area contributed by atoms with E-state index in [0.717, 1.165) is 41.8 Å². The minimum atomic E-state index is -3.61. The zero-order valence-corrected chi connectivity index (χ0v) is 23.5. The number of anilines is 1. The fourth-order valence-corrected chi connectivity index (χ4v) is 7.24. The number of allylic oxidation sites excluding steroid dienone is 3. The Morgan fingerprint density at radius 1 is 1.13 bits per heavy atom. The van der Waals surface area contributed by atoms with E-state index in [2.05, 4.69) is 20.0 Å². The Hall–Kier alpha value is -3.12. The van der Waals surface area contributed by atoms with E-state index in [1.165, 1.54) is 12.1 Å². The van der Waals surface area contributed by atoms with Crippen LogP contribution in [0.5, 0.6) is 0 Å². The first-order chi connectivity index (χ1) is 18.7. The summed E-state index contributed by atoms with van der Waals surface area (Å²) in [6.45, 7) is 3.65. The van der Waals surface area contributed by atoms with Crippen molar-refractivity contribution in [3.8, 4) is 0 Å². The summed E-state index contributed by atoms with van der Waals surface area (Å²) >= 11 is 1.58. The summed E-state index contributed by atoms with van der Waals surface area (Å²) < 4.78 is 48.3. The summed E-state index contributed by atoms with van der Waals surface area (Å²) in [6.07, 6.45) is 12.6. The van der Waals surface area contributed by atoms with Crippen LogP contribution < -0.4 is 10.6 Å². The van der Waals surface area contributed by atoms with Gasteiger partial charge in [0, 0.05) is 28.7 Å². The Morgan fingerprint density at radius 3 is 2.56 bits per heavy atom. The second-order valence-electron chi connectivity index (χ2n) is 10.4. The molecule has 12 heteroatoms. The maximum atomic E-state index is 13.2. The van der Waals surface area contributed by atoms with E-state index in [1.54, 1.807) is 17.4 Å². The molecule has 2 aromatic rings. The van der Waals surface area contributed by atoms with Crippen molar-refractivity contribution < 1.29 is 22.3 Å². The van der Waals surface area contributed by atoms with E-state index < -0.39 is 21.1 Å². The molecule has 1 unspecified atom stereocenters. The lowest BCUT2D eigenvalue weighted by molar-refractivity contribution is 0.109. The minimum absolute atomic E-state index is 0.0891. The predicted octanol–water partition coefficient (Wildman–Crippen LogP) is 5.42. The SMILES string of the molecule is CC(C)OC(=O)N[C@H]1CC[C@H](c2ncc(C3C=CC(Nc4ccc(F)cn4)=CC3=NS(=O)(=O)C3CC3)s2)CC1. The quantitative estimate of drug-likeness (QED) is 0.432. The van der Waals surface area contributed by atoms with Crippen molar-refractivity contribution in [1.29, 1.82) is 0 Å². The number of hydrogen-bond donors (Lipinski definition) is 2. The van der Waals surface area contributed by atoms with Gasteiger partial charge in [-0.3, -0.25) is 0 Å². The number of amides is 1. The summed E-state index contributed by atoms with van der Waals surface area (Å²) in [7, 11) is -3.61. The molecule has 3 aliphatic carbocycles. The number of carbonyl (C=O) groups excluding carboxylic acids is 1. The lowest BCUT2D eigenvalue weighted by Gasteiger charge is -2.28. The number of halogens is 1. The molecular weight excluding hydrogens is 541 g/mol. The van der Waals surface area contributed by atoms with Gasteiger partial charge >= 0.3 is 6.09 Å². The van der Waals surface area contributed by atoms with Gasteiger partial charge in [-0.2, -0.15) is 4.40 Å². The lowest BCUT2D eigenvalue weighted by Crippen LogP contribution is -2.38. The normalized spacial score (nSPS) is 24.5. The first-order valence-electron chi connectivity index (χ1n) is 13.2. The summed E-state index contributed by atoms with van der Waals surface area (Å²) in [6, 6.07) is 2.91. The smallest absolute Gasteiger partial charge is 0.407 e. The molecule has 2 heterocycles. The largest absolute Gasteiger partial charge is 0.447 e. The van der Waals surface area contributed by atoms with Crippen molar-refractivity contribution in [3.05, 3.63) is 64.2 Å². The van der Waals surface area contributed by atoms with Crippen molar-refractivity contribution in [2.45, 2.75) is 81.6 Å². The van der Waals surface area contributed by atoms with Crippen LogP contribution in [0.15, 0.2) is 52.8 Å². The number of nitrogens with one attached hydrogen (secondary N) is 2. The standard InChI is InChI=1S/C27H32FN5O4S2/c1-16(2)37-27(34)32-19-6-3-17(4-7-19)26-30-15-24(38-26)22-11-8-20(31-25-12-5-18(28)14-29-25)13-23(22)33-39(35,36)21-9-10-21/h5,8,11-17,19,21-22H,3-4,6-7,9-10H2,1-2H3,(H,29,31)(H,32,34)/t17-,19-,22?. The molecule has 0 radical (unpaired) electrons. The van der Waals surface area contributed by atoms with Gasteiger partial charge < -0.3 is 15.4 Å². The number of carbonyl (C=O) groups is 1. The highest BCUT2D eigenvalue weighted by Crippen LogP contribution is 2.39. The van der Waals surface area contributed by atoms with E-state index in [9.17, 15) is 17.6 Å². The molecule has 3 aliphatic rings. The molecule has 2 aromatic heterocycles. The number of nitrogens with zero attached hydrogens (tertiary/aromatic N) is 3. The topological polar surface area (TPSA) is 123 Å². The highest BCUT2D eigenvalue weighted by molar-refractivity contribution is 7.91. The van der Waals surface area contributed by atoms with Gasteiger partial charge in [0.2, 0.25) is 0 Å². The van der Waals surface area contributed by atoms with Crippen molar-refractivity contribution in [1.82, 2.24) is 15.3 Å². The molecule has 0 aromatic carbocycles. The Labute approximate surface area is 231 Å². The van der Waals surface area contributed by atoms with Gasteiger partial charge in [0.25, 0.3) is 10.0 Å². The number of sulfonamides is 1. The average molecular weight is 574 g/mol. The monoisotopic (exact) mass is 573 g/mol. The molecule has 1 amide bonds. The number of hydrogen-bond acceptors (Lipinski definition) is 8. The summed E-state index contributed by atoms with van der Waals surface area (Å²) in [5, 5.41) is 6.64. The first kappa shape index (κ1) is 27.4. The van der Waals surface area contributed by atoms with Gasteiger partial charge in [-0.15, -0.1) is 11.3 Å². The van der Waals surface area contributed by atoms with Gasteiger partial charge in [-0.05, 0) is 76.7 Å². The third-order valence-electron chi connectivity index (χ3n) is 6.86. The summed E-state index contributed by atoms with van der Waals surface area (Å²) in [5.41, 5.74) is 1.03. The summed E-state index contributed by atoms with van der Waals surface area (Å²) in [5.74, 6) is -0.0626. The third-order valence-corrected chi connectivity index (χ3v) is 9.88. The zero-order valence-electron chi connectivity index (χ0n) is 21.8. The van der Waals surface area contributed by atoms with Gasteiger partial charge in [-0.1, -0.05) is 6.08 Å². The number of rotatable bonds is 8. The Balaban J connectivity index is 1.29. The van der Waals surface area contributed by atoms with Crippen LogP contribution in [0.2, 0.25) is 0 Å². The number of pyridine rings is 1. The van der Waals surface area contributed by atoms with Crippen LogP contribution in [-0.4, -0.2) is 47.6 Å². The molecule has 5 rings (SSSR count). The lowest BCUT2D eigenvalue weighted by atomic mass is 9.86. The van der Waals surface area contributed by atoms with Gasteiger partial charge in [0.1, 0.15) is 11.6 Å². The van der Waals surface area contributed by atoms with Crippen molar-refractivity contribution in [2.75, 3.05) is 5.32 Å². The molecule has 39 heavy (non-hydrogen) atoms. The van der Waals surface area contributed by atoms with Gasteiger partial charge in [-0.25, -0.2) is 27.6 Å². The molecule has 1 atom stereocenters. The predicted molar refractivity (Wildman–Crippen MR) is 149 cm³/mol. The van der Waals surface area contributed by atoms with Crippen molar-refractivity contribution in [2.24, 2.45) is 4.40 Å². The molecule has 9 nitrogen and oxygen atoms in total. The maximum Gasteiger partial charge on any atom is 0.407 e. The third kappa shape index (κ3) is 7.10. The molecule has 208 valence electrons. The second-order valence-corrected chi connectivity index (χ2v) is 13.4. The van der Waals surface area contributed by atoms with Crippen LogP contribution in [-0.2, 0) is 14.8 Å². The van der Waals surface area contributed by atoms with Crippen molar-refractivity contribution >= 4 is 39.0 Å². The average Bonchev–Trinajstić information content (AvgIpc) is 3.64. The fraction of sp³-hybridized carbons (Fsp3) is 0.481. The van der Waals surface area contributed by atoms with Crippen LogP contribution in [0, 0.1) is 5.82 Å². The van der Waals surface area contributed by atoms with E-state index in [1.807, 2.05) is 32.2 Å². The number of alkyl carbamates (subject to hydrolysis) is 1. The van der Waals surface area contributed by atoms with Gasteiger partial charge in [0.05, 0.1) is 34.2 Å². The zero-order chi connectivity index (χ0) is 27.6. The summed E-state index contributed by atoms with van der Waals surface area (Å²) in [4.78, 5) is 21.6. The van der Waals surface area contributed by atoms with Crippen LogP contribution >= 0.6 is 11.3 Å². The Bertz CT molecular complexity index is 1390. The number of ether oxygens (including phenoxy) is 1. The van der Waals surface area contributed by atoms with Crippen LogP contribution in [0.4, 0.5) is 15.0 Å². The van der Waals surface area contributed by atoms with Crippen LogP contribution in [0.1, 0.15) is 74.1 Å². The number of thiazole rings is 1. The molecule has 2 N–H and O–H groups in total. The molecule has 2 fully saturated rings. The highest BCUT2D eigenvalue weighted by Gasteiger charge is 2.37. The fourth-order valence-electron chi connectivity index (χ4n) is 4.71. The molecule has 0 bridgehead atoms. The van der Waals surface area contributed by atoms with E-state index >= 15 is 0 Å². The molecule has 0 saturated heterocycles. The highest BCUT2D eigenvalue weighted by atomic mass is 32.2. The molecule has 0 aliphatic heterocycles. The van der Waals surface area contributed by atoms with E-state index in [4.69, 9.17) is 9.72 Å². The first-order valence-corrected chi connectivity index (χ1v) is 15.5. The minimum Gasteiger partial charge on any atom is -0.447 e. The Kier molecular flexibility index (Phi) is 8.13. The van der Waals surface area contributed by atoms with Crippen LogP contribution in [0.25, 0.3) is 0 Å². The van der Waals surface area contributed by atoms with E-state index in [-0.39, 0.29) is 30.1 Å². The number of aromatic nitrogens is 2.